The van der Waals surface area contributed by atoms with Crippen LogP contribution in [0.4, 0.5) is 5.00 Å². The molecule has 0 aromatic carbocycles. The Morgan fingerprint density at radius 2 is 1.71 bits per heavy atom. The molecule has 4 fully saturated rings. The van der Waals surface area contributed by atoms with Gasteiger partial charge in [0.15, 0.2) is 0 Å². The van der Waals surface area contributed by atoms with Crippen LogP contribution in [0.25, 0.3) is 0 Å². The number of primary amides is 1. The highest BCUT2D eigenvalue weighted by Crippen LogP contribution is 2.60. The lowest BCUT2D eigenvalue weighted by Gasteiger charge is -2.55. The summed E-state index contributed by atoms with van der Waals surface area (Å²) in [6.07, 6.45) is 7.80. The standard InChI is InChI=1S/C19H26N2O2S/c1-3-14-10(2)24-17(15(14)16(20)22)21-18(23)19-7-11-4-12(8-19)6-13(5-11)9-19/h11-13H,3-9H2,1-2H3,(H2,20,22)(H,21,23). The highest BCUT2D eigenvalue weighted by Gasteiger charge is 2.54. The molecule has 0 aliphatic heterocycles. The molecule has 1 aromatic heterocycles. The third-order valence-corrected chi connectivity index (χ3v) is 7.62. The van der Waals surface area contributed by atoms with Crippen molar-refractivity contribution in [1.29, 1.82) is 0 Å². The number of nitrogens with one attached hydrogen (secondary N) is 1. The normalized spacial score (nSPS) is 33.7. The van der Waals surface area contributed by atoms with Gasteiger partial charge in [0, 0.05) is 4.88 Å². The second-order valence-corrected chi connectivity index (χ2v) is 9.44. The van der Waals surface area contributed by atoms with Gasteiger partial charge >= 0.3 is 0 Å². The van der Waals surface area contributed by atoms with E-state index in [0.29, 0.717) is 10.6 Å². The molecule has 3 N–H and O–H groups in total. The monoisotopic (exact) mass is 346 g/mol. The number of carbonyl (C=O) groups excluding carboxylic acids is 2. The van der Waals surface area contributed by atoms with Crippen LogP contribution in [0.1, 0.15) is 66.2 Å². The van der Waals surface area contributed by atoms with Crippen molar-refractivity contribution < 1.29 is 9.59 Å². The summed E-state index contributed by atoms with van der Waals surface area (Å²) in [6, 6.07) is 0. The van der Waals surface area contributed by atoms with Gasteiger partial charge in [0.1, 0.15) is 5.00 Å². The molecule has 5 heteroatoms. The number of thiophene rings is 1. The second-order valence-electron chi connectivity index (χ2n) is 8.21. The van der Waals surface area contributed by atoms with Crippen LogP contribution >= 0.6 is 11.3 Å². The highest BCUT2D eigenvalue weighted by atomic mass is 32.1. The number of carbonyl (C=O) groups is 2. The summed E-state index contributed by atoms with van der Waals surface area (Å²) in [5.41, 5.74) is 6.91. The van der Waals surface area contributed by atoms with E-state index in [0.717, 1.165) is 53.9 Å². The van der Waals surface area contributed by atoms with E-state index in [4.69, 9.17) is 5.73 Å². The lowest BCUT2D eigenvalue weighted by Crippen LogP contribution is -2.51. The molecule has 1 heterocycles. The van der Waals surface area contributed by atoms with Gasteiger partial charge in [-0.25, -0.2) is 0 Å². The van der Waals surface area contributed by atoms with Gasteiger partial charge in [-0.1, -0.05) is 6.92 Å². The number of amides is 2. The maximum Gasteiger partial charge on any atom is 0.251 e. The fraction of sp³-hybridized carbons (Fsp3) is 0.684. The molecule has 1 aromatic rings. The Balaban J connectivity index is 1.62. The fourth-order valence-corrected chi connectivity index (χ4v) is 7.12. The number of hydrogen-bond acceptors (Lipinski definition) is 3. The third kappa shape index (κ3) is 2.40. The predicted molar refractivity (Wildman–Crippen MR) is 96.2 cm³/mol. The first-order chi connectivity index (χ1) is 11.4. The van der Waals surface area contributed by atoms with Gasteiger partial charge in [0.25, 0.3) is 5.91 Å². The Kier molecular flexibility index (Phi) is 3.75. The van der Waals surface area contributed by atoms with E-state index in [2.05, 4.69) is 5.32 Å². The van der Waals surface area contributed by atoms with Crippen LogP contribution in [0.2, 0.25) is 0 Å². The smallest absolute Gasteiger partial charge is 0.251 e. The van der Waals surface area contributed by atoms with Crippen molar-refractivity contribution in [2.45, 2.75) is 58.8 Å². The van der Waals surface area contributed by atoms with Crippen molar-refractivity contribution in [3.8, 4) is 0 Å². The van der Waals surface area contributed by atoms with Crippen LogP contribution < -0.4 is 11.1 Å². The maximum absolute atomic E-state index is 13.2. The van der Waals surface area contributed by atoms with Crippen molar-refractivity contribution in [2.24, 2.45) is 28.9 Å². The van der Waals surface area contributed by atoms with Crippen molar-refractivity contribution in [3.05, 3.63) is 16.0 Å². The van der Waals surface area contributed by atoms with E-state index in [1.54, 1.807) is 0 Å². The Morgan fingerprint density at radius 3 is 2.17 bits per heavy atom. The molecule has 4 aliphatic carbocycles. The quantitative estimate of drug-likeness (QED) is 0.868. The summed E-state index contributed by atoms with van der Waals surface area (Å²) in [4.78, 5) is 26.2. The highest BCUT2D eigenvalue weighted by molar-refractivity contribution is 7.16. The summed E-state index contributed by atoms with van der Waals surface area (Å²) < 4.78 is 0. The zero-order chi connectivity index (χ0) is 17.1. The second kappa shape index (κ2) is 5.58. The summed E-state index contributed by atoms with van der Waals surface area (Å²) in [6.45, 7) is 4.02. The largest absolute Gasteiger partial charge is 0.365 e. The minimum Gasteiger partial charge on any atom is -0.365 e. The van der Waals surface area contributed by atoms with Gasteiger partial charge in [-0.3, -0.25) is 9.59 Å². The van der Waals surface area contributed by atoms with Crippen LogP contribution in [0.15, 0.2) is 0 Å². The Morgan fingerprint density at radius 1 is 1.17 bits per heavy atom. The summed E-state index contributed by atoms with van der Waals surface area (Å²) in [7, 11) is 0. The maximum atomic E-state index is 13.2. The molecule has 0 saturated heterocycles. The SMILES string of the molecule is CCc1c(C)sc(NC(=O)C23CC4CC(CC(C4)C2)C3)c1C(N)=O. The van der Waals surface area contributed by atoms with E-state index in [-0.39, 0.29) is 11.3 Å². The fourth-order valence-electron chi connectivity index (χ4n) is 5.98. The molecule has 5 rings (SSSR count). The summed E-state index contributed by atoms with van der Waals surface area (Å²) >= 11 is 1.49. The summed E-state index contributed by atoms with van der Waals surface area (Å²) in [5, 5.41) is 3.79. The van der Waals surface area contributed by atoms with E-state index in [9.17, 15) is 9.59 Å². The van der Waals surface area contributed by atoms with Crippen molar-refractivity contribution >= 4 is 28.2 Å². The average molecular weight is 346 g/mol. The van der Waals surface area contributed by atoms with Gasteiger partial charge in [0.05, 0.1) is 11.0 Å². The summed E-state index contributed by atoms with van der Waals surface area (Å²) in [5.74, 6) is 1.89. The molecule has 130 valence electrons. The molecule has 4 nitrogen and oxygen atoms in total. The van der Waals surface area contributed by atoms with Crippen molar-refractivity contribution in [1.82, 2.24) is 0 Å². The van der Waals surface area contributed by atoms with E-state index >= 15 is 0 Å². The minimum atomic E-state index is -0.433. The molecule has 0 radical (unpaired) electrons. The predicted octanol–water partition coefficient (Wildman–Crippen LogP) is 3.87. The molecule has 4 bridgehead atoms. The third-order valence-electron chi connectivity index (χ3n) is 6.56. The minimum absolute atomic E-state index is 0.132. The zero-order valence-electron chi connectivity index (χ0n) is 14.5. The Bertz CT molecular complexity index is 671. The first-order valence-corrected chi connectivity index (χ1v) is 9.97. The van der Waals surface area contributed by atoms with Crippen LogP contribution in [-0.2, 0) is 11.2 Å². The van der Waals surface area contributed by atoms with Crippen molar-refractivity contribution in [2.75, 3.05) is 5.32 Å². The lowest BCUT2D eigenvalue weighted by atomic mass is 9.49. The zero-order valence-corrected chi connectivity index (χ0v) is 15.3. The Labute approximate surface area is 147 Å². The number of hydrogen-bond donors (Lipinski definition) is 2. The van der Waals surface area contributed by atoms with Crippen molar-refractivity contribution in [3.63, 3.8) is 0 Å². The molecular weight excluding hydrogens is 320 g/mol. The van der Waals surface area contributed by atoms with Crippen LogP contribution in [-0.4, -0.2) is 11.8 Å². The molecule has 0 spiro atoms. The molecule has 0 atom stereocenters. The van der Waals surface area contributed by atoms with Gasteiger partial charge in [-0.15, -0.1) is 11.3 Å². The molecule has 2 amide bonds. The topological polar surface area (TPSA) is 72.2 Å². The Hall–Kier alpha value is -1.36. The van der Waals surface area contributed by atoms with E-state index in [1.807, 2.05) is 13.8 Å². The van der Waals surface area contributed by atoms with E-state index in [1.165, 1.54) is 30.6 Å². The number of rotatable bonds is 4. The van der Waals surface area contributed by atoms with E-state index < -0.39 is 5.91 Å². The van der Waals surface area contributed by atoms with Crippen LogP contribution in [0.3, 0.4) is 0 Å². The average Bonchev–Trinajstić information content (AvgIpc) is 2.81. The molecule has 4 saturated carbocycles. The number of aryl methyl sites for hydroxylation is 1. The molecule has 24 heavy (non-hydrogen) atoms. The molecule has 0 unspecified atom stereocenters. The number of anilines is 1. The van der Waals surface area contributed by atoms with Crippen LogP contribution in [0.5, 0.6) is 0 Å². The molecule has 4 aliphatic rings. The first-order valence-electron chi connectivity index (χ1n) is 9.15. The van der Waals surface area contributed by atoms with Gasteiger partial charge in [-0.2, -0.15) is 0 Å². The van der Waals surface area contributed by atoms with Gasteiger partial charge in [0.2, 0.25) is 5.91 Å². The van der Waals surface area contributed by atoms with Crippen LogP contribution in [0, 0.1) is 30.1 Å². The number of nitrogens with two attached hydrogens (primary N) is 1. The van der Waals surface area contributed by atoms with Gasteiger partial charge < -0.3 is 11.1 Å². The van der Waals surface area contributed by atoms with Gasteiger partial charge in [-0.05, 0) is 75.2 Å². The first kappa shape index (κ1) is 16.1. The lowest BCUT2D eigenvalue weighted by molar-refractivity contribution is -0.140. The molecular formula is C19H26N2O2S.